The van der Waals surface area contributed by atoms with Crippen LogP contribution in [0.1, 0.15) is 16.1 Å². The first-order valence-electron chi connectivity index (χ1n) is 5.08. The standard InChI is InChI=1S/C10H8Cl3F2NO3S/c1-19-10(18)3(2-4(14)15)16-9(17)7-5(11)6(12)8(13)20-7/h3-4H,2H2,1H3,(H,16,17). The van der Waals surface area contributed by atoms with Crippen molar-refractivity contribution in [3.63, 3.8) is 0 Å². The third-order valence-corrected chi connectivity index (χ3v) is 4.74. The van der Waals surface area contributed by atoms with E-state index in [0.29, 0.717) is 0 Å². The first-order chi connectivity index (χ1) is 9.27. The summed E-state index contributed by atoms with van der Waals surface area (Å²) >= 11 is 18.0. The van der Waals surface area contributed by atoms with Crippen molar-refractivity contribution >= 4 is 58.0 Å². The molecule has 10 heteroatoms. The van der Waals surface area contributed by atoms with E-state index in [1.165, 1.54) is 0 Å². The number of hydrogen-bond acceptors (Lipinski definition) is 4. The normalized spacial score (nSPS) is 12.3. The van der Waals surface area contributed by atoms with Gasteiger partial charge in [0.2, 0.25) is 6.43 Å². The van der Waals surface area contributed by atoms with Crippen LogP contribution in [0.3, 0.4) is 0 Å². The van der Waals surface area contributed by atoms with Gasteiger partial charge in [0.1, 0.15) is 15.3 Å². The van der Waals surface area contributed by atoms with Gasteiger partial charge in [0.05, 0.1) is 17.2 Å². The van der Waals surface area contributed by atoms with Gasteiger partial charge < -0.3 is 10.1 Å². The van der Waals surface area contributed by atoms with Gasteiger partial charge in [-0.15, -0.1) is 11.3 Å². The largest absolute Gasteiger partial charge is 0.467 e. The van der Waals surface area contributed by atoms with Crippen LogP contribution in [0.4, 0.5) is 8.78 Å². The second kappa shape index (κ2) is 7.40. The van der Waals surface area contributed by atoms with Crippen LogP contribution in [0.15, 0.2) is 0 Å². The minimum Gasteiger partial charge on any atom is -0.467 e. The van der Waals surface area contributed by atoms with Crippen LogP contribution in [-0.2, 0) is 9.53 Å². The lowest BCUT2D eigenvalue weighted by atomic mass is 10.2. The number of carbonyl (C=O) groups is 2. The molecule has 1 amide bonds. The number of hydrogen-bond donors (Lipinski definition) is 1. The van der Waals surface area contributed by atoms with Crippen molar-refractivity contribution in [3.8, 4) is 0 Å². The van der Waals surface area contributed by atoms with Gasteiger partial charge >= 0.3 is 5.97 Å². The molecule has 20 heavy (non-hydrogen) atoms. The molecule has 0 aliphatic heterocycles. The Kier molecular flexibility index (Phi) is 6.44. The van der Waals surface area contributed by atoms with Crippen LogP contribution < -0.4 is 5.32 Å². The second-order valence-electron chi connectivity index (χ2n) is 3.51. The van der Waals surface area contributed by atoms with Gasteiger partial charge in [0.15, 0.2) is 0 Å². The highest BCUT2D eigenvalue weighted by Crippen LogP contribution is 2.40. The predicted molar refractivity (Wildman–Crippen MR) is 73.2 cm³/mol. The summed E-state index contributed by atoms with van der Waals surface area (Å²) in [6.07, 6.45) is -3.66. The molecule has 1 N–H and O–H groups in total. The highest BCUT2D eigenvalue weighted by atomic mass is 35.5. The summed E-state index contributed by atoms with van der Waals surface area (Å²) in [5, 5.41) is 2.01. The molecule has 0 radical (unpaired) electrons. The van der Waals surface area contributed by atoms with Gasteiger partial charge in [-0.05, 0) is 0 Å². The third-order valence-electron chi connectivity index (χ3n) is 2.17. The number of halogens is 5. The first-order valence-corrected chi connectivity index (χ1v) is 7.03. The molecule has 0 saturated carbocycles. The van der Waals surface area contributed by atoms with E-state index in [-0.39, 0.29) is 19.3 Å². The fraction of sp³-hybridized carbons (Fsp3) is 0.400. The first kappa shape index (κ1) is 17.4. The summed E-state index contributed by atoms with van der Waals surface area (Å²) in [5.41, 5.74) is 0. The maximum Gasteiger partial charge on any atom is 0.328 e. The van der Waals surface area contributed by atoms with Crippen LogP contribution >= 0.6 is 46.1 Å². The van der Waals surface area contributed by atoms with E-state index in [0.717, 1.165) is 18.4 Å². The number of rotatable bonds is 5. The fourth-order valence-electron chi connectivity index (χ4n) is 1.27. The molecule has 0 fully saturated rings. The van der Waals surface area contributed by atoms with Crippen molar-refractivity contribution in [3.05, 3.63) is 19.3 Å². The summed E-state index contributed by atoms with van der Waals surface area (Å²) in [6, 6.07) is -1.48. The van der Waals surface area contributed by atoms with Crippen LogP contribution in [0.25, 0.3) is 0 Å². The Morgan fingerprint density at radius 1 is 1.30 bits per heavy atom. The average molecular weight is 367 g/mol. The number of thiophene rings is 1. The van der Waals surface area contributed by atoms with E-state index >= 15 is 0 Å². The lowest BCUT2D eigenvalue weighted by Crippen LogP contribution is -2.42. The molecule has 1 heterocycles. The Bertz CT molecular complexity index is 524. The molecule has 0 saturated heterocycles. The van der Waals surface area contributed by atoms with E-state index in [9.17, 15) is 18.4 Å². The Labute approximate surface area is 131 Å². The molecule has 1 unspecified atom stereocenters. The monoisotopic (exact) mass is 365 g/mol. The zero-order chi connectivity index (χ0) is 15.4. The van der Waals surface area contributed by atoms with Gasteiger partial charge in [-0.3, -0.25) is 4.79 Å². The number of amides is 1. The SMILES string of the molecule is COC(=O)C(CC(F)F)NC(=O)c1sc(Cl)c(Cl)c1Cl. The zero-order valence-corrected chi connectivity index (χ0v) is 13.0. The molecule has 1 atom stereocenters. The van der Waals surface area contributed by atoms with Gasteiger partial charge in [-0.2, -0.15) is 0 Å². The van der Waals surface area contributed by atoms with Crippen molar-refractivity contribution in [1.82, 2.24) is 5.32 Å². The van der Waals surface area contributed by atoms with Gasteiger partial charge in [-0.25, -0.2) is 13.6 Å². The summed E-state index contributed by atoms with van der Waals surface area (Å²) < 4.78 is 29.1. The maximum absolute atomic E-state index is 12.4. The van der Waals surface area contributed by atoms with Crippen molar-refractivity contribution in [1.29, 1.82) is 0 Å². The zero-order valence-electron chi connectivity index (χ0n) is 9.88. The van der Waals surface area contributed by atoms with E-state index in [2.05, 4.69) is 10.1 Å². The molecule has 0 bridgehead atoms. The molecule has 0 aliphatic rings. The second-order valence-corrected chi connectivity index (χ2v) is 5.89. The van der Waals surface area contributed by atoms with Crippen LogP contribution in [0.5, 0.6) is 0 Å². The quantitative estimate of drug-likeness (QED) is 0.810. The van der Waals surface area contributed by atoms with Crippen molar-refractivity contribution in [2.75, 3.05) is 7.11 Å². The number of alkyl halides is 2. The summed E-state index contributed by atoms with van der Waals surface area (Å²) in [4.78, 5) is 23.1. The van der Waals surface area contributed by atoms with Crippen molar-refractivity contribution in [2.45, 2.75) is 18.9 Å². The van der Waals surface area contributed by atoms with Gasteiger partial charge in [0.25, 0.3) is 5.91 Å². The van der Waals surface area contributed by atoms with E-state index in [1.807, 2.05) is 0 Å². The number of ether oxygens (including phenoxy) is 1. The minimum atomic E-state index is -2.79. The van der Waals surface area contributed by atoms with E-state index in [1.54, 1.807) is 0 Å². The van der Waals surface area contributed by atoms with E-state index in [4.69, 9.17) is 34.8 Å². The summed E-state index contributed by atoms with van der Waals surface area (Å²) in [6.45, 7) is 0. The van der Waals surface area contributed by atoms with Crippen LogP contribution in [-0.4, -0.2) is 31.5 Å². The molecule has 1 aromatic rings. The van der Waals surface area contributed by atoms with Gasteiger partial charge in [0, 0.05) is 6.42 Å². The number of methoxy groups -OCH3 is 1. The molecule has 1 aromatic heterocycles. The smallest absolute Gasteiger partial charge is 0.328 e. The lowest BCUT2D eigenvalue weighted by molar-refractivity contribution is -0.144. The molecule has 0 aromatic carbocycles. The lowest BCUT2D eigenvalue weighted by Gasteiger charge is -2.15. The fourth-order valence-corrected chi connectivity index (χ4v) is 2.98. The molecule has 112 valence electrons. The van der Waals surface area contributed by atoms with Crippen molar-refractivity contribution in [2.24, 2.45) is 0 Å². The highest BCUT2D eigenvalue weighted by Gasteiger charge is 2.28. The Morgan fingerprint density at radius 3 is 2.30 bits per heavy atom. The summed E-state index contributed by atoms with van der Waals surface area (Å²) in [5.74, 6) is -1.81. The molecular weight excluding hydrogens is 359 g/mol. The van der Waals surface area contributed by atoms with Crippen molar-refractivity contribution < 1.29 is 23.1 Å². The molecule has 4 nitrogen and oxygen atoms in total. The molecule has 1 rings (SSSR count). The maximum atomic E-state index is 12.4. The Morgan fingerprint density at radius 2 is 1.90 bits per heavy atom. The van der Waals surface area contributed by atoms with Crippen LogP contribution in [0.2, 0.25) is 14.4 Å². The average Bonchev–Trinajstić information content (AvgIpc) is 2.64. The van der Waals surface area contributed by atoms with Crippen LogP contribution in [0, 0.1) is 0 Å². The Hall–Kier alpha value is -0.630. The number of carbonyl (C=O) groups excluding carboxylic acids is 2. The topological polar surface area (TPSA) is 55.4 Å². The van der Waals surface area contributed by atoms with E-state index < -0.39 is 30.8 Å². The molecule has 0 aliphatic carbocycles. The van der Waals surface area contributed by atoms with Gasteiger partial charge in [-0.1, -0.05) is 34.8 Å². The molecule has 0 spiro atoms. The number of esters is 1. The summed E-state index contributed by atoms with van der Waals surface area (Å²) in [7, 11) is 1.03. The molecular formula is C10H8Cl3F2NO3S. The Balaban J connectivity index is 2.90. The third kappa shape index (κ3) is 4.18. The highest BCUT2D eigenvalue weighted by molar-refractivity contribution is 7.19. The minimum absolute atomic E-state index is 0.00744. The number of nitrogens with one attached hydrogen (secondary N) is 1. The predicted octanol–water partition coefficient (Wildman–Crippen LogP) is 3.63.